The summed E-state index contributed by atoms with van der Waals surface area (Å²) < 4.78 is 13.4. The maximum Gasteiger partial charge on any atom is 0.220 e. The third-order valence-corrected chi connectivity index (χ3v) is 4.03. The second kappa shape index (κ2) is 8.27. The Morgan fingerprint density at radius 1 is 1.40 bits per heavy atom. The molecular weight excluding hydrogens is 277 g/mol. The number of carbonyl (C=O) groups is 1. The fraction of sp³-hybridized carbons (Fsp3) is 0.533. The Morgan fingerprint density at radius 3 is 2.75 bits per heavy atom. The van der Waals surface area contributed by atoms with Crippen LogP contribution in [0.2, 0.25) is 0 Å². The largest absolute Gasteiger partial charge is 0.396 e. The van der Waals surface area contributed by atoms with Gasteiger partial charge >= 0.3 is 0 Å². The number of carbonyl (C=O) groups excluding carboxylic acids is 1. The van der Waals surface area contributed by atoms with Gasteiger partial charge in [-0.15, -0.1) is 11.8 Å². The second-order valence-electron chi connectivity index (χ2n) is 5.44. The molecule has 0 aromatic heterocycles. The zero-order valence-electron chi connectivity index (χ0n) is 12.0. The van der Waals surface area contributed by atoms with Crippen LogP contribution in [0.15, 0.2) is 29.2 Å². The number of amides is 1. The van der Waals surface area contributed by atoms with Crippen molar-refractivity contribution in [3.63, 3.8) is 0 Å². The Hall–Kier alpha value is -1.07. The molecule has 2 N–H and O–H groups in total. The van der Waals surface area contributed by atoms with Crippen LogP contribution in [0.5, 0.6) is 0 Å². The van der Waals surface area contributed by atoms with Crippen molar-refractivity contribution in [1.29, 1.82) is 0 Å². The molecule has 0 aliphatic rings. The molecule has 0 fully saturated rings. The molecule has 20 heavy (non-hydrogen) atoms. The van der Waals surface area contributed by atoms with E-state index in [4.69, 9.17) is 5.11 Å². The standard InChI is InChI=1S/C15H22FNO2S/c1-15(2,8-9-18)11-17-14(19)7-10-20-13-6-4-3-5-12(13)16/h3-6,18H,7-11H2,1-2H3,(H,17,19). The summed E-state index contributed by atoms with van der Waals surface area (Å²) in [7, 11) is 0. The average molecular weight is 299 g/mol. The minimum atomic E-state index is -0.248. The number of rotatable bonds is 8. The number of aliphatic hydroxyl groups excluding tert-OH is 1. The highest BCUT2D eigenvalue weighted by atomic mass is 32.2. The Balaban J connectivity index is 2.26. The third-order valence-electron chi connectivity index (χ3n) is 2.98. The van der Waals surface area contributed by atoms with Crippen molar-refractivity contribution in [2.75, 3.05) is 18.9 Å². The van der Waals surface area contributed by atoms with E-state index in [0.717, 1.165) is 0 Å². The summed E-state index contributed by atoms with van der Waals surface area (Å²) in [4.78, 5) is 12.3. The summed E-state index contributed by atoms with van der Waals surface area (Å²) in [5.74, 6) is 0.259. The minimum Gasteiger partial charge on any atom is -0.396 e. The molecule has 0 radical (unpaired) electrons. The molecule has 1 amide bonds. The molecule has 0 unspecified atom stereocenters. The van der Waals surface area contributed by atoms with Crippen molar-refractivity contribution < 1.29 is 14.3 Å². The van der Waals surface area contributed by atoms with Crippen LogP contribution in [-0.4, -0.2) is 29.9 Å². The number of nitrogens with one attached hydrogen (secondary N) is 1. The van der Waals surface area contributed by atoms with Gasteiger partial charge < -0.3 is 10.4 Å². The van der Waals surface area contributed by atoms with Gasteiger partial charge in [-0.1, -0.05) is 26.0 Å². The number of hydrogen-bond donors (Lipinski definition) is 2. The SMILES string of the molecule is CC(C)(CCO)CNC(=O)CCSc1ccccc1F. The van der Waals surface area contributed by atoms with E-state index in [-0.39, 0.29) is 23.7 Å². The molecule has 0 aliphatic carbocycles. The number of halogens is 1. The number of benzene rings is 1. The van der Waals surface area contributed by atoms with Gasteiger partial charge in [0, 0.05) is 30.2 Å². The van der Waals surface area contributed by atoms with Gasteiger partial charge in [-0.05, 0) is 24.0 Å². The highest BCUT2D eigenvalue weighted by Crippen LogP contribution is 2.22. The predicted octanol–water partition coefficient (Wildman–Crippen LogP) is 2.83. The van der Waals surface area contributed by atoms with E-state index in [1.165, 1.54) is 17.8 Å². The Labute approximate surface area is 124 Å². The van der Waals surface area contributed by atoms with Crippen molar-refractivity contribution >= 4 is 17.7 Å². The molecule has 0 heterocycles. The van der Waals surface area contributed by atoms with Crippen molar-refractivity contribution in [1.82, 2.24) is 5.32 Å². The molecule has 0 spiro atoms. The van der Waals surface area contributed by atoms with Crippen LogP contribution in [-0.2, 0) is 4.79 Å². The molecule has 0 aliphatic heterocycles. The molecule has 0 saturated heterocycles. The number of thioether (sulfide) groups is 1. The second-order valence-corrected chi connectivity index (χ2v) is 6.58. The molecule has 1 aromatic rings. The monoisotopic (exact) mass is 299 g/mol. The fourth-order valence-corrected chi connectivity index (χ4v) is 2.52. The van der Waals surface area contributed by atoms with E-state index in [1.807, 2.05) is 13.8 Å². The summed E-state index contributed by atoms with van der Waals surface area (Å²) >= 11 is 1.34. The van der Waals surface area contributed by atoms with E-state index >= 15 is 0 Å². The molecule has 1 rings (SSSR count). The maximum atomic E-state index is 13.4. The first-order valence-electron chi connectivity index (χ1n) is 6.69. The van der Waals surface area contributed by atoms with E-state index in [0.29, 0.717) is 30.0 Å². The van der Waals surface area contributed by atoms with Gasteiger partial charge in [0.05, 0.1) is 0 Å². The van der Waals surface area contributed by atoms with Gasteiger partial charge in [-0.2, -0.15) is 0 Å². The lowest BCUT2D eigenvalue weighted by Crippen LogP contribution is -2.34. The highest BCUT2D eigenvalue weighted by molar-refractivity contribution is 7.99. The Bertz CT molecular complexity index is 438. The molecule has 0 atom stereocenters. The first-order chi connectivity index (χ1) is 9.44. The summed E-state index contributed by atoms with van der Waals surface area (Å²) in [5.41, 5.74) is -0.108. The lowest BCUT2D eigenvalue weighted by atomic mass is 9.90. The predicted molar refractivity (Wildman–Crippen MR) is 80.2 cm³/mol. The molecule has 5 heteroatoms. The quantitative estimate of drug-likeness (QED) is 0.726. The van der Waals surface area contributed by atoms with Crippen LogP contribution in [0.3, 0.4) is 0 Å². The fourth-order valence-electron chi connectivity index (χ4n) is 1.63. The normalized spacial score (nSPS) is 11.4. The summed E-state index contributed by atoms with van der Waals surface area (Å²) in [6.07, 6.45) is 1.01. The number of hydrogen-bond acceptors (Lipinski definition) is 3. The van der Waals surface area contributed by atoms with Crippen LogP contribution in [0, 0.1) is 11.2 Å². The molecular formula is C15H22FNO2S. The van der Waals surface area contributed by atoms with E-state index in [9.17, 15) is 9.18 Å². The van der Waals surface area contributed by atoms with Crippen LogP contribution in [0.1, 0.15) is 26.7 Å². The average Bonchev–Trinajstić information content (AvgIpc) is 2.39. The Morgan fingerprint density at radius 2 is 2.10 bits per heavy atom. The first-order valence-corrected chi connectivity index (χ1v) is 7.68. The van der Waals surface area contributed by atoms with Crippen molar-refractivity contribution in [3.8, 4) is 0 Å². The van der Waals surface area contributed by atoms with Crippen LogP contribution >= 0.6 is 11.8 Å². The van der Waals surface area contributed by atoms with Crippen molar-refractivity contribution in [2.45, 2.75) is 31.6 Å². The molecule has 3 nitrogen and oxygen atoms in total. The van der Waals surface area contributed by atoms with Crippen LogP contribution in [0.25, 0.3) is 0 Å². The van der Waals surface area contributed by atoms with Gasteiger partial charge in [0.25, 0.3) is 0 Å². The highest BCUT2D eigenvalue weighted by Gasteiger charge is 2.17. The summed E-state index contributed by atoms with van der Waals surface area (Å²) in [6, 6.07) is 6.56. The van der Waals surface area contributed by atoms with Gasteiger partial charge in [-0.3, -0.25) is 4.79 Å². The topological polar surface area (TPSA) is 49.3 Å². The van der Waals surface area contributed by atoms with Crippen LogP contribution in [0.4, 0.5) is 4.39 Å². The van der Waals surface area contributed by atoms with Gasteiger partial charge in [0.2, 0.25) is 5.91 Å². The lowest BCUT2D eigenvalue weighted by Gasteiger charge is -2.23. The third kappa shape index (κ3) is 6.39. The maximum absolute atomic E-state index is 13.4. The lowest BCUT2D eigenvalue weighted by molar-refractivity contribution is -0.121. The van der Waals surface area contributed by atoms with Crippen LogP contribution < -0.4 is 5.32 Å². The van der Waals surface area contributed by atoms with E-state index < -0.39 is 0 Å². The van der Waals surface area contributed by atoms with E-state index in [2.05, 4.69) is 5.32 Å². The van der Waals surface area contributed by atoms with E-state index in [1.54, 1.807) is 18.2 Å². The molecule has 0 bridgehead atoms. The molecule has 1 aromatic carbocycles. The smallest absolute Gasteiger partial charge is 0.220 e. The van der Waals surface area contributed by atoms with Gasteiger partial charge in [0.1, 0.15) is 5.82 Å². The Kier molecular flexibility index (Phi) is 7.02. The molecule has 0 saturated carbocycles. The summed E-state index contributed by atoms with van der Waals surface area (Å²) in [6.45, 7) is 4.65. The summed E-state index contributed by atoms with van der Waals surface area (Å²) in [5, 5.41) is 11.8. The van der Waals surface area contributed by atoms with Gasteiger partial charge in [0.15, 0.2) is 0 Å². The van der Waals surface area contributed by atoms with Crippen molar-refractivity contribution in [2.24, 2.45) is 5.41 Å². The van der Waals surface area contributed by atoms with Crippen molar-refractivity contribution in [3.05, 3.63) is 30.1 Å². The molecule has 112 valence electrons. The van der Waals surface area contributed by atoms with Gasteiger partial charge in [-0.25, -0.2) is 4.39 Å². The minimum absolute atomic E-state index is 0.0418. The number of aliphatic hydroxyl groups is 1. The zero-order valence-corrected chi connectivity index (χ0v) is 12.8. The zero-order chi connectivity index (χ0) is 15.0. The first kappa shape index (κ1) is 17.0.